The number of carbonyl (C=O) groups excluding carboxylic acids is 2. The van der Waals surface area contributed by atoms with Crippen LogP contribution in [-0.4, -0.2) is 41.6 Å². The van der Waals surface area contributed by atoms with Crippen LogP contribution in [0.3, 0.4) is 0 Å². The molecule has 9 nitrogen and oxygen atoms in total. The first-order chi connectivity index (χ1) is 13.5. The first-order valence-corrected chi connectivity index (χ1v) is 8.56. The number of benzene rings is 2. The highest BCUT2D eigenvalue weighted by molar-refractivity contribution is 5.91. The fourth-order valence-electron chi connectivity index (χ4n) is 2.68. The molecule has 28 heavy (non-hydrogen) atoms. The van der Waals surface area contributed by atoms with Crippen LogP contribution in [0.25, 0.3) is 0 Å². The minimum atomic E-state index is -0.795. The van der Waals surface area contributed by atoms with Gasteiger partial charge in [-0.3, -0.25) is 14.9 Å². The lowest BCUT2D eigenvalue weighted by Gasteiger charge is -2.21. The molecule has 9 heteroatoms. The minimum Gasteiger partial charge on any atom is -0.454 e. The lowest BCUT2D eigenvalue weighted by Crippen LogP contribution is -2.34. The maximum absolute atomic E-state index is 12.4. The summed E-state index contributed by atoms with van der Waals surface area (Å²) in [6.45, 7) is 2.26. The Hall–Kier alpha value is -3.62. The van der Waals surface area contributed by atoms with E-state index in [2.05, 4.69) is 0 Å². The van der Waals surface area contributed by atoms with Crippen LogP contribution in [0.5, 0.6) is 11.5 Å². The SMILES string of the molecule is CCN(Cc1ccc2c(c1)OCO2)C(=O)COC(=O)c1cccc([N+](=O)[O-])c1. The maximum atomic E-state index is 12.4. The number of ether oxygens (including phenoxy) is 3. The summed E-state index contributed by atoms with van der Waals surface area (Å²) in [4.78, 5) is 36.2. The molecule has 2 aromatic rings. The monoisotopic (exact) mass is 386 g/mol. The standard InChI is InChI=1S/C19H18N2O7/c1-2-20(10-13-6-7-16-17(8-13)28-12-27-16)18(22)11-26-19(23)14-4-3-5-15(9-14)21(24)25/h3-9H,2,10-12H2,1H3. The van der Waals surface area contributed by atoms with Crippen molar-refractivity contribution in [2.45, 2.75) is 13.5 Å². The highest BCUT2D eigenvalue weighted by atomic mass is 16.7. The Labute approximate surface area is 160 Å². The van der Waals surface area contributed by atoms with Crippen molar-refractivity contribution >= 4 is 17.6 Å². The van der Waals surface area contributed by atoms with Gasteiger partial charge in [0.05, 0.1) is 10.5 Å². The van der Waals surface area contributed by atoms with Gasteiger partial charge in [-0.1, -0.05) is 12.1 Å². The van der Waals surface area contributed by atoms with E-state index in [0.29, 0.717) is 24.6 Å². The zero-order valence-electron chi connectivity index (χ0n) is 15.1. The normalized spacial score (nSPS) is 11.8. The molecule has 0 N–H and O–H groups in total. The van der Waals surface area contributed by atoms with Gasteiger partial charge in [0.25, 0.3) is 11.6 Å². The lowest BCUT2D eigenvalue weighted by molar-refractivity contribution is -0.384. The van der Waals surface area contributed by atoms with Gasteiger partial charge in [0.15, 0.2) is 18.1 Å². The number of esters is 1. The van der Waals surface area contributed by atoms with Crippen molar-refractivity contribution in [3.63, 3.8) is 0 Å². The topological polar surface area (TPSA) is 108 Å². The Kier molecular flexibility index (Phi) is 5.73. The first kappa shape index (κ1) is 19.2. The maximum Gasteiger partial charge on any atom is 0.338 e. The van der Waals surface area contributed by atoms with Crippen LogP contribution < -0.4 is 9.47 Å². The summed E-state index contributed by atoms with van der Waals surface area (Å²) < 4.78 is 15.6. The van der Waals surface area contributed by atoms with E-state index in [1.165, 1.54) is 23.1 Å². The number of nitro benzene ring substituents is 1. The number of hydrogen-bond donors (Lipinski definition) is 0. The van der Waals surface area contributed by atoms with Gasteiger partial charge in [0, 0.05) is 25.2 Å². The van der Waals surface area contributed by atoms with Crippen molar-refractivity contribution in [1.29, 1.82) is 0 Å². The van der Waals surface area contributed by atoms with Gasteiger partial charge in [-0.05, 0) is 30.7 Å². The van der Waals surface area contributed by atoms with Crippen LogP contribution in [0.2, 0.25) is 0 Å². The van der Waals surface area contributed by atoms with E-state index in [1.54, 1.807) is 12.1 Å². The minimum absolute atomic E-state index is 0.0146. The average Bonchev–Trinajstić information content (AvgIpc) is 3.17. The zero-order chi connectivity index (χ0) is 20.1. The predicted octanol–water partition coefficient (Wildman–Crippen LogP) is 2.53. The molecule has 0 spiro atoms. The van der Waals surface area contributed by atoms with E-state index < -0.39 is 17.5 Å². The van der Waals surface area contributed by atoms with Crippen LogP contribution in [-0.2, 0) is 16.1 Å². The van der Waals surface area contributed by atoms with Crippen molar-refractivity contribution in [3.05, 3.63) is 63.7 Å². The number of rotatable bonds is 7. The van der Waals surface area contributed by atoms with Crippen molar-refractivity contribution in [3.8, 4) is 11.5 Å². The summed E-state index contributed by atoms with van der Waals surface area (Å²) in [6, 6.07) is 10.6. The van der Waals surface area contributed by atoms with Crippen molar-refractivity contribution < 1.29 is 28.7 Å². The molecule has 0 bridgehead atoms. The molecule has 1 amide bonds. The van der Waals surface area contributed by atoms with E-state index in [4.69, 9.17) is 14.2 Å². The van der Waals surface area contributed by atoms with E-state index >= 15 is 0 Å². The largest absolute Gasteiger partial charge is 0.454 e. The molecule has 0 saturated carbocycles. The third-order valence-electron chi connectivity index (χ3n) is 4.16. The Balaban J connectivity index is 1.58. The second-order valence-electron chi connectivity index (χ2n) is 5.98. The fourth-order valence-corrected chi connectivity index (χ4v) is 2.68. The molecule has 3 rings (SSSR count). The van der Waals surface area contributed by atoms with Gasteiger partial charge < -0.3 is 19.1 Å². The van der Waals surface area contributed by atoms with Gasteiger partial charge in [0.2, 0.25) is 6.79 Å². The number of hydrogen-bond acceptors (Lipinski definition) is 7. The third kappa shape index (κ3) is 4.37. The highest BCUT2D eigenvalue weighted by Crippen LogP contribution is 2.32. The van der Waals surface area contributed by atoms with E-state index in [1.807, 2.05) is 13.0 Å². The molecule has 1 heterocycles. The molecule has 1 aliphatic heterocycles. The molecule has 0 fully saturated rings. The molecular weight excluding hydrogens is 368 g/mol. The summed E-state index contributed by atoms with van der Waals surface area (Å²) >= 11 is 0. The summed E-state index contributed by atoms with van der Waals surface area (Å²) in [5.41, 5.74) is 0.643. The Morgan fingerprint density at radius 3 is 2.71 bits per heavy atom. The molecule has 0 radical (unpaired) electrons. The van der Waals surface area contributed by atoms with Crippen LogP contribution in [0.4, 0.5) is 5.69 Å². The smallest absolute Gasteiger partial charge is 0.338 e. The van der Waals surface area contributed by atoms with E-state index in [0.717, 1.165) is 11.6 Å². The number of non-ortho nitro benzene ring substituents is 1. The number of carbonyl (C=O) groups is 2. The van der Waals surface area contributed by atoms with Crippen molar-refractivity contribution in [2.75, 3.05) is 19.9 Å². The fraction of sp³-hybridized carbons (Fsp3) is 0.263. The van der Waals surface area contributed by atoms with Crippen molar-refractivity contribution in [1.82, 2.24) is 4.90 Å². The van der Waals surface area contributed by atoms with Crippen LogP contribution >= 0.6 is 0 Å². The Morgan fingerprint density at radius 1 is 1.18 bits per heavy atom. The third-order valence-corrected chi connectivity index (χ3v) is 4.16. The number of fused-ring (bicyclic) bond motifs is 1. The summed E-state index contributed by atoms with van der Waals surface area (Å²) in [7, 11) is 0. The van der Waals surface area contributed by atoms with Crippen LogP contribution in [0.1, 0.15) is 22.8 Å². The Morgan fingerprint density at radius 2 is 1.96 bits per heavy atom. The second kappa shape index (κ2) is 8.38. The summed E-state index contributed by atoms with van der Waals surface area (Å²) in [6.07, 6.45) is 0. The molecule has 0 atom stereocenters. The van der Waals surface area contributed by atoms with Gasteiger partial charge in [-0.25, -0.2) is 4.79 Å². The molecule has 0 saturated heterocycles. The van der Waals surface area contributed by atoms with Crippen molar-refractivity contribution in [2.24, 2.45) is 0 Å². The quantitative estimate of drug-likeness (QED) is 0.409. The molecule has 0 aliphatic carbocycles. The number of nitro groups is 1. The first-order valence-electron chi connectivity index (χ1n) is 8.56. The zero-order valence-corrected chi connectivity index (χ0v) is 15.1. The van der Waals surface area contributed by atoms with Crippen LogP contribution in [0, 0.1) is 10.1 Å². The summed E-state index contributed by atoms with van der Waals surface area (Å²) in [5.74, 6) is 0.109. The molecule has 0 unspecified atom stereocenters. The van der Waals surface area contributed by atoms with Gasteiger partial charge in [0.1, 0.15) is 0 Å². The van der Waals surface area contributed by atoms with E-state index in [-0.39, 0.29) is 24.0 Å². The average molecular weight is 386 g/mol. The highest BCUT2D eigenvalue weighted by Gasteiger charge is 2.19. The molecule has 1 aliphatic rings. The van der Waals surface area contributed by atoms with E-state index in [9.17, 15) is 19.7 Å². The number of nitrogens with zero attached hydrogens (tertiary/aromatic N) is 2. The number of likely N-dealkylation sites (N-methyl/N-ethyl adjacent to an activating group) is 1. The van der Waals surface area contributed by atoms with Gasteiger partial charge >= 0.3 is 5.97 Å². The van der Waals surface area contributed by atoms with Gasteiger partial charge in [-0.2, -0.15) is 0 Å². The van der Waals surface area contributed by atoms with Crippen LogP contribution in [0.15, 0.2) is 42.5 Å². The molecular formula is C19H18N2O7. The number of amides is 1. The predicted molar refractivity (Wildman–Crippen MR) is 97.0 cm³/mol. The second-order valence-corrected chi connectivity index (χ2v) is 5.98. The Bertz CT molecular complexity index is 913. The molecule has 0 aromatic heterocycles. The summed E-state index contributed by atoms with van der Waals surface area (Å²) in [5, 5.41) is 10.8. The molecule has 146 valence electrons. The lowest BCUT2D eigenvalue weighted by atomic mass is 10.2. The van der Waals surface area contributed by atoms with Gasteiger partial charge in [-0.15, -0.1) is 0 Å². The molecule has 2 aromatic carbocycles.